The van der Waals surface area contributed by atoms with Gasteiger partial charge in [0.15, 0.2) is 0 Å². The van der Waals surface area contributed by atoms with Crippen molar-refractivity contribution in [3.05, 3.63) is 71.5 Å². The maximum Gasteiger partial charge on any atom is 0.255 e. The van der Waals surface area contributed by atoms with E-state index in [1.807, 2.05) is 52.0 Å². The topological polar surface area (TPSA) is 148 Å². The highest BCUT2D eigenvalue weighted by Gasteiger charge is 2.41. The van der Waals surface area contributed by atoms with Crippen LogP contribution >= 0.6 is 0 Å². The molecule has 3 atom stereocenters. The van der Waals surface area contributed by atoms with Gasteiger partial charge in [0.05, 0.1) is 18.3 Å². The van der Waals surface area contributed by atoms with Crippen molar-refractivity contribution in [2.75, 3.05) is 26.7 Å². The van der Waals surface area contributed by atoms with E-state index in [1.54, 1.807) is 47.1 Å². The minimum atomic E-state index is -0.864. The fourth-order valence-electron chi connectivity index (χ4n) is 6.60. The molecule has 0 saturated carbocycles. The van der Waals surface area contributed by atoms with Gasteiger partial charge in [-0.2, -0.15) is 0 Å². The predicted octanol–water partition coefficient (Wildman–Crippen LogP) is 3.23. The Morgan fingerprint density at radius 1 is 0.940 bits per heavy atom. The number of nitrogens with zero attached hydrogens (tertiary/aromatic N) is 5. The lowest BCUT2D eigenvalue weighted by atomic mass is 9.99. The zero-order valence-corrected chi connectivity index (χ0v) is 29.6. The monoisotopic (exact) mass is 687 g/mol. The van der Waals surface area contributed by atoms with Gasteiger partial charge >= 0.3 is 0 Å². The number of carbonyl (C=O) groups excluding carboxylic acids is 4. The largest absolute Gasteiger partial charge is 0.492 e. The minimum Gasteiger partial charge on any atom is -0.492 e. The average molecular weight is 688 g/mol. The first-order chi connectivity index (χ1) is 24.0. The van der Waals surface area contributed by atoms with Crippen molar-refractivity contribution in [2.45, 2.75) is 84.7 Å². The summed E-state index contributed by atoms with van der Waals surface area (Å²) in [5.74, 6) is -0.335. The van der Waals surface area contributed by atoms with Crippen LogP contribution in [0.15, 0.2) is 54.7 Å². The summed E-state index contributed by atoms with van der Waals surface area (Å²) in [6.45, 7) is 9.48. The first-order valence-corrected chi connectivity index (χ1v) is 17.5. The van der Waals surface area contributed by atoms with E-state index >= 15 is 0 Å². The van der Waals surface area contributed by atoms with Crippen LogP contribution in [0.25, 0.3) is 0 Å². The van der Waals surface area contributed by atoms with Gasteiger partial charge in [0, 0.05) is 20.1 Å². The number of likely N-dealkylation sites (N-methyl/N-ethyl adjacent to an activating group) is 1. The predicted molar refractivity (Wildman–Crippen MR) is 186 cm³/mol. The zero-order chi connectivity index (χ0) is 35.8. The number of para-hydroxylation sites is 1. The molecule has 1 aromatic heterocycles. The van der Waals surface area contributed by atoms with Gasteiger partial charge in [-0.3, -0.25) is 19.2 Å². The smallest absolute Gasteiger partial charge is 0.255 e. The molecule has 4 bridgehead atoms. The number of hydrogen-bond acceptors (Lipinski definition) is 8. The Kier molecular flexibility index (Phi) is 12.1. The first-order valence-electron chi connectivity index (χ1n) is 17.5. The molecule has 3 aromatic rings. The summed E-state index contributed by atoms with van der Waals surface area (Å²) in [6.07, 6.45) is 3.87. The van der Waals surface area contributed by atoms with Gasteiger partial charge in [-0.25, -0.2) is 4.68 Å². The molecular formula is C37H49N7O6. The summed E-state index contributed by atoms with van der Waals surface area (Å²) in [5, 5.41) is 14.3. The zero-order valence-electron chi connectivity index (χ0n) is 29.6. The third-order valence-corrected chi connectivity index (χ3v) is 9.12. The molecule has 13 heteroatoms. The molecule has 13 nitrogen and oxygen atoms in total. The van der Waals surface area contributed by atoms with Crippen LogP contribution in [0.2, 0.25) is 0 Å². The van der Waals surface area contributed by atoms with E-state index in [-0.39, 0.29) is 41.7 Å². The number of fused-ring (bicyclic) bond motifs is 14. The normalized spacial score (nSPS) is 21.6. The van der Waals surface area contributed by atoms with Gasteiger partial charge in [-0.05, 0) is 67.3 Å². The van der Waals surface area contributed by atoms with E-state index < -0.39 is 24.0 Å². The molecule has 2 N–H and O–H groups in total. The molecule has 4 heterocycles. The SMILES string of the molecule is CC(C)C[C@H]1NC(=O)c2ccccc2OCc2cn(nn2)CCOc2ccc(cc2)CCNC(=O)[C@H](C(C)C)N(C)C(=O)[C@H]2CCCN2C1=O. The Hall–Kier alpha value is -4.94. The molecule has 1 fully saturated rings. The number of carbonyl (C=O) groups is 4. The van der Waals surface area contributed by atoms with Crippen molar-refractivity contribution in [3.8, 4) is 11.5 Å². The lowest BCUT2D eigenvalue weighted by Gasteiger charge is -2.35. The van der Waals surface area contributed by atoms with Crippen LogP contribution in [0.5, 0.6) is 11.5 Å². The molecule has 268 valence electrons. The Morgan fingerprint density at radius 3 is 2.44 bits per heavy atom. The molecule has 3 aliphatic rings. The van der Waals surface area contributed by atoms with E-state index in [0.717, 1.165) is 5.56 Å². The molecular weight excluding hydrogens is 638 g/mol. The van der Waals surface area contributed by atoms with Gasteiger partial charge in [0.25, 0.3) is 5.91 Å². The van der Waals surface area contributed by atoms with E-state index in [9.17, 15) is 19.2 Å². The Morgan fingerprint density at radius 2 is 1.70 bits per heavy atom. The molecule has 0 aliphatic carbocycles. The van der Waals surface area contributed by atoms with Crippen molar-refractivity contribution in [1.82, 2.24) is 35.4 Å². The summed E-state index contributed by atoms with van der Waals surface area (Å²) < 4.78 is 13.6. The highest BCUT2D eigenvalue weighted by atomic mass is 16.5. The molecule has 6 rings (SSSR count). The third kappa shape index (κ3) is 8.99. The number of amides is 4. The van der Waals surface area contributed by atoms with Crippen LogP contribution in [0.1, 0.15) is 68.6 Å². The fraction of sp³-hybridized carbons (Fsp3) is 0.514. The number of benzene rings is 2. The second-order valence-corrected chi connectivity index (χ2v) is 13.8. The Balaban J connectivity index is 1.41. The summed E-state index contributed by atoms with van der Waals surface area (Å²) in [5.41, 5.74) is 1.89. The second kappa shape index (κ2) is 16.6. The summed E-state index contributed by atoms with van der Waals surface area (Å²) in [6, 6.07) is 12.2. The quantitative estimate of drug-likeness (QED) is 0.427. The maximum atomic E-state index is 14.2. The van der Waals surface area contributed by atoms with E-state index in [0.29, 0.717) is 69.1 Å². The van der Waals surface area contributed by atoms with Crippen LogP contribution < -0.4 is 20.1 Å². The van der Waals surface area contributed by atoms with Crippen molar-refractivity contribution < 1.29 is 28.7 Å². The van der Waals surface area contributed by atoms with Gasteiger partial charge < -0.3 is 29.9 Å². The number of hydrogen-bond donors (Lipinski definition) is 2. The standard InChI is InChI=1S/C37H49N7O6/c1-24(2)21-30-36(47)44-18-8-10-31(44)37(48)42(5)33(25(3)4)35(46)38-17-16-26-12-14-28(15-13-26)49-20-19-43-22-27(40-41-43)23-50-32-11-7-6-9-29(32)34(45)39-30/h6-7,9,11-15,22,24-25,30-31,33H,8,10,16-21,23H2,1-5H3,(H,38,46)(H,39,45)/t30-,31-,33+/m1/s1. The van der Waals surface area contributed by atoms with E-state index in [1.165, 1.54) is 4.90 Å². The summed E-state index contributed by atoms with van der Waals surface area (Å²) in [4.78, 5) is 58.5. The second-order valence-electron chi connectivity index (χ2n) is 13.8. The van der Waals surface area contributed by atoms with Gasteiger partial charge in [-0.1, -0.05) is 57.2 Å². The third-order valence-electron chi connectivity index (χ3n) is 9.12. The van der Waals surface area contributed by atoms with Crippen molar-refractivity contribution in [3.63, 3.8) is 0 Å². The van der Waals surface area contributed by atoms with Crippen molar-refractivity contribution >= 4 is 23.6 Å². The molecule has 4 amide bonds. The van der Waals surface area contributed by atoms with Gasteiger partial charge in [-0.15, -0.1) is 5.10 Å². The number of ether oxygens (including phenoxy) is 2. The molecule has 0 unspecified atom stereocenters. The molecule has 1 saturated heterocycles. The Labute approximate surface area is 293 Å². The molecule has 0 spiro atoms. The number of aromatic nitrogens is 3. The van der Waals surface area contributed by atoms with Crippen molar-refractivity contribution in [1.29, 1.82) is 0 Å². The lowest BCUT2D eigenvalue weighted by molar-refractivity contribution is -0.148. The molecule has 2 aromatic carbocycles. The van der Waals surface area contributed by atoms with Crippen LogP contribution in [-0.4, -0.2) is 93.3 Å². The van der Waals surface area contributed by atoms with Crippen LogP contribution in [0, 0.1) is 11.8 Å². The van der Waals surface area contributed by atoms with Gasteiger partial charge in [0.2, 0.25) is 17.7 Å². The van der Waals surface area contributed by atoms with Gasteiger partial charge in [0.1, 0.15) is 48.5 Å². The lowest BCUT2D eigenvalue weighted by Crippen LogP contribution is -2.57. The first kappa shape index (κ1) is 36.3. The minimum absolute atomic E-state index is 0.0830. The summed E-state index contributed by atoms with van der Waals surface area (Å²) in [7, 11) is 1.63. The number of rotatable bonds is 3. The Bertz CT molecular complexity index is 1640. The highest BCUT2D eigenvalue weighted by Crippen LogP contribution is 2.25. The molecule has 3 aliphatic heterocycles. The van der Waals surface area contributed by atoms with E-state index in [2.05, 4.69) is 20.9 Å². The molecule has 0 radical (unpaired) electrons. The maximum absolute atomic E-state index is 14.2. The van der Waals surface area contributed by atoms with Crippen LogP contribution in [0.4, 0.5) is 0 Å². The molecule has 50 heavy (non-hydrogen) atoms. The fourth-order valence-corrected chi connectivity index (χ4v) is 6.60. The van der Waals surface area contributed by atoms with Crippen molar-refractivity contribution in [2.24, 2.45) is 11.8 Å². The highest BCUT2D eigenvalue weighted by molar-refractivity contribution is 6.00. The van der Waals surface area contributed by atoms with E-state index in [4.69, 9.17) is 9.47 Å². The average Bonchev–Trinajstić information content (AvgIpc) is 3.77. The van der Waals surface area contributed by atoms with Crippen LogP contribution in [-0.2, 0) is 34.0 Å². The number of nitrogens with one attached hydrogen (secondary N) is 2. The van der Waals surface area contributed by atoms with Crippen LogP contribution in [0.3, 0.4) is 0 Å². The summed E-state index contributed by atoms with van der Waals surface area (Å²) >= 11 is 0.